The summed E-state index contributed by atoms with van der Waals surface area (Å²) in [5, 5.41) is 4.16. The lowest BCUT2D eigenvalue weighted by Crippen LogP contribution is -2.25. The Hall–Kier alpha value is -2.51. The predicted octanol–water partition coefficient (Wildman–Crippen LogP) is 3.19. The summed E-state index contributed by atoms with van der Waals surface area (Å²) in [4.78, 5) is 4.61. The van der Waals surface area contributed by atoms with E-state index >= 15 is 0 Å². The number of sulfonamides is 1. The molecule has 0 saturated carbocycles. The van der Waals surface area contributed by atoms with E-state index in [1.54, 1.807) is 23.3 Å². The van der Waals surface area contributed by atoms with Crippen LogP contribution in [-0.2, 0) is 23.6 Å². The number of hydrogen-bond donors (Lipinski definition) is 1. The molecule has 0 saturated heterocycles. The van der Waals surface area contributed by atoms with Crippen molar-refractivity contribution in [1.29, 1.82) is 0 Å². The lowest BCUT2D eigenvalue weighted by molar-refractivity contribution is 0.579. The Bertz CT molecular complexity index is 1070. The highest BCUT2D eigenvalue weighted by atomic mass is 32.2. The third-order valence-corrected chi connectivity index (χ3v) is 6.62. The highest BCUT2D eigenvalue weighted by Crippen LogP contribution is 2.26. The lowest BCUT2D eigenvalue weighted by atomic mass is 10.0. The zero-order valence-electron chi connectivity index (χ0n) is 16.2. The molecular formula is C20H24N4O2S. The number of hydrogen-bond acceptors (Lipinski definition) is 4. The van der Waals surface area contributed by atoms with Crippen molar-refractivity contribution in [3.05, 3.63) is 64.6 Å². The zero-order valence-corrected chi connectivity index (χ0v) is 17.1. The van der Waals surface area contributed by atoms with E-state index in [0.29, 0.717) is 4.90 Å². The van der Waals surface area contributed by atoms with Crippen molar-refractivity contribution >= 4 is 10.0 Å². The first-order chi connectivity index (χ1) is 12.7. The number of rotatable bonds is 5. The summed E-state index contributed by atoms with van der Waals surface area (Å²) in [5.41, 5.74) is 6.12. The molecule has 0 unspecified atom stereocenters. The van der Waals surface area contributed by atoms with Gasteiger partial charge in [-0.1, -0.05) is 6.07 Å². The molecule has 142 valence electrons. The smallest absolute Gasteiger partial charge is 0.241 e. The van der Waals surface area contributed by atoms with Crippen LogP contribution in [0.2, 0.25) is 0 Å². The van der Waals surface area contributed by atoms with Gasteiger partial charge in [-0.3, -0.25) is 9.67 Å². The minimum Gasteiger partial charge on any atom is -0.268 e. The van der Waals surface area contributed by atoms with Crippen LogP contribution < -0.4 is 4.72 Å². The van der Waals surface area contributed by atoms with E-state index in [1.165, 1.54) is 0 Å². The molecule has 0 fully saturated rings. The third kappa shape index (κ3) is 3.79. The van der Waals surface area contributed by atoms with Crippen LogP contribution in [0.1, 0.15) is 27.8 Å². The van der Waals surface area contributed by atoms with Gasteiger partial charge in [-0.05, 0) is 67.6 Å². The topological polar surface area (TPSA) is 76.9 Å². The molecular weight excluding hydrogens is 360 g/mol. The second-order valence-electron chi connectivity index (χ2n) is 6.84. The van der Waals surface area contributed by atoms with Crippen LogP contribution in [0.25, 0.3) is 11.3 Å². The molecule has 1 aromatic carbocycles. The van der Waals surface area contributed by atoms with Gasteiger partial charge < -0.3 is 0 Å². The van der Waals surface area contributed by atoms with Gasteiger partial charge in [-0.25, -0.2) is 13.1 Å². The number of nitrogens with zero attached hydrogens (tertiary/aromatic N) is 3. The number of nitrogens with one attached hydrogen (secondary N) is 1. The highest BCUT2D eigenvalue weighted by Gasteiger charge is 2.22. The molecule has 2 aromatic heterocycles. The van der Waals surface area contributed by atoms with Crippen LogP contribution in [0.5, 0.6) is 0 Å². The van der Waals surface area contributed by atoms with Crippen LogP contribution in [0.3, 0.4) is 0 Å². The largest absolute Gasteiger partial charge is 0.268 e. The van der Waals surface area contributed by atoms with E-state index in [1.807, 2.05) is 52.9 Å². The van der Waals surface area contributed by atoms with E-state index in [9.17, 15) is 8.42 Å². The van der Waals surface area contributed by atoms with E-state index < -0.39 is 10.0 Å². The Kier molecular flexibility index (Phi) is 5.17. The maximum atomic E-state index is 13.0. The van der Waals surface area contributed by atoms with Crippen molar-refractivity contribution in [1.82, 2.24) is 19.5 Å². The van der Waals surface area contributed by atoms with Gasteiger partial charge in [0.1, 0.15) is 0 Å². The van der Waals surface area contributed by atoms with Gasteiger partial charge in [0.25, 0.3) is 0 Å². The van der Waals surface area contributed by atoms with Gasteiger partial charge in [0.2, 0.25) is 10.0 Å². The third-order valence-electron chi connectivity index (χ3n) is 4.94. The SMILES string of the molecule is Cc1cc(C)c(C)c(S(=O)(=O)NCc2cncc(-c3ccnn3C)c2)c1C. The molecule has 0 aliphatic rings. The molecule has 0 spiro atoms. The van der Waals surface area contributed by atoms with Gasteiger partial charge in [0, 0.05) is 37.7 Å². The predicted molar refractivity (Wildman–Crippen MR) is 106 cm³/mol. The summed E-state index contributed by atoms with van der Waals surface area (Å²) in [7, 11) is -1.78. The normalized spacial score (nSPS) is 11.7. The molecule has 1 N–H and O–H groups in total. The fourth-order valence-electron chi connectivity index (χ4n) is 3.22. The lowest BCUT2D eigenvalue weighted by Gasteiger charge is -2.16. The van der Waals surface area contributed by atoms with Crippen molar-refractivity contribution in [2.45, 2.75) is 39.1 Å². The van der Waals surface area contributed by atoms with E-state index in [-0.39, 0.29) is 6.54 Å². The fraction of sp³-hybridized carbons (Fsp3) is 0.300. The molecule has 6 nitrogen and oxygen atoms in total. The molecule has 0 amide bonds. The van der Waals surface area contributed by atoms with Crippen molar-refractivity contribution in [2.24, 2.45) is 7.05 Å². The van der Waals surface area contributed by atoms with Crippen molar-refractivity contribution < 1.29 is 8.42 Å². The number of aromatic nitrogens is 3. The average Bonchev–Trinajstić information content (AvgIpc) is 3.05. The average molecular weight is 385 g/mol. The quantitative estimate of drug-likeness (QED) is 0.733. The van der Waals surface area contributed by atoms with Crippen LogP contribution in [0, 0.1) is 27.7 Å². The molecule has 0 aliphatic carbocycles. The first kappa shape index (κ1) is 19.3. The highest BCUT2D eigenvalue weighted by molar-refractivity contribution is 7.89. The van der Waals surface area contributed by atoms with Gasteiger partial charge in [-0.15, -0.1) is 0 Å². The summed E-state index contributed by atoms with van der Waals surface area (Å²) < 4.78 is 30.4. The van der Waals surface area contributed by atoms with E-state index in [2.05, 4.69) is 14.8 Å². The first-order valence-corrected chi connectivity index (χ1v) is 10.2. The zero-order chi connectivity index (χ0) is 19.8. The molecule has 0 radical (unpaired) electrons. The molecule has 27 heavy (non-hydrogen) atoms. The minimum atomic E-state index is -3.63. The van der Waals surface area contributed by atoms with Crippen molar-refractivity contribution in [2.75, 3.05) is 0 Å². The molecule has 0 atom stereocenters. The summed E-state index contributed by atoms with van der Waals surface area (Å²) >= 11 is 0. The van der Waals surface area contributed by atoms with Crippen LogP contribution in [0.15, 0.2) is 41.7 Å². The Balaban J connectivity index is 1.88. The van der Waals surface area contributed by atoms with Crippen molar-refractivity contribution in [3.63, 3.8) is 0 Å². The second-order valence-corrected chi connectivity index (χ2v) is 8.54. The molecule has 3 aromatic rings. The Labute approximate surface area is 160 Å². The molecule has 7 heteroatoms. The van der Waals surface area contributed by atoms with E-state index in [0.717, 1.165) is 39.1 Å². The molecule has 0 aliphatic heterocycles. The van der Waals surface area contributed by atoms with Crippen LogP contribution >= 0.6 is 0 Å². The minimum absolute atomic E-state index is 0.174. The van der Waals surface area contributed by atoms with E-state index in [4.69, 9.17) is 0 Å². The molecule has 0 bridgehead atoms. The standard InChI is InChI=1S/C20H24N4O2S/c1-13-8-14(2)16(4)20(15(13)3)27(25,26)23-11-17-9-18(12-21-10-17)19-6-7-22-24(19)5/h6-10,12,23H,11H2,1-5H3. The maximum Gasteiger partial charge on any atom is 0.241 e. The van der Waals surface area contributed by atoms with Gasteiger partial charge in [-0.2, -0.15) is 5.10 Å². The summed E-state index contributed by atoms with van der Waals surface area (Å²) in [6, 6.07) is 5.84. The van der Waals surface area contributed by atoms with Crippen molar-refractivity contribution in [3.8, 4) is 11.3 Å². The Morgan fingerprint density at radius 3 is 2.30 bits per heavy atom. The second kappa shape index (κ2) is 7.25. The van der Waals surface area contributed by atoms with Crippen LogP contribution in [-0.4, -0.2) is 23.2 Å². The van der Waals surface area contributed by atoms with Gasteiger partial charge in [0.15, 0.2) is 0 Å². The number of aryl methyl sites for hydroxylation is 3. The maximum absolute atomic E-state index is 13.0. The number of pyridine rings is 1. The van der Waals surface area contributed by atoms with Crippen LogP contribution in [0.4, 0.5) is 0 Å². The Morgan fingerprint density at radius 1 is 1.04 bits per heavy atom. The summed E-state index contributed by atoms with van der Waals surface area (Å²) in [5.74, 6) is 0. The summed E-state index contributed by atoms with van der Waals surface area (Å²) in [6.45, 7) is 7.74. The summed E-state index contributed by atoms with van der Waals surface area (Å²) in [6.07, 6.45) is 5.13. The van der Waals surface area contributed by atoms with Gasteiger partial charge in [0.05, 0.1) is 10.6 Å². The molecule has 3 rings (SSSR count). The first-order valence-electron chi connectivity index (χ1n) is 8.70. The fourth-order valence-corrected chi connectivity index (χ4v) is 4.84. The number of benzene rings is 1. The Morgan fingerprint density at radius 2 is 1.70 bits per heavy atom. The van der Waals surface area contributed by atoms with Gasteiger partial charge >= 0.3 is 0 Å². The monoisotopic (exact) mass is 384 g/mol. The molecule has 2 heterocycles.